The number of rotatable bonds is 3. The molecule has 2 N–H and O–H groups in total. The fraction of sp³-hybridized carbons (Fsp3) is 0.0769. The maximum absolute atomic E-state index is 12.8. The number of hydrogen-bond acceptors (Lipinski definition) is 3. The van der Waals surface area contributed by atoms with Gasteiger partial charge in [-0.2, -0.15) is 0 Å². The quantitative estimate of drug-likeness (QED) is 0.684. The van der Waals surface area contributed by atoms with Crippen LogP contribution in [0.5, 0.6) is 0 Å². The van der Waals surface area contributed by atoms with Crippen molar-refractivity contribution in [2.24, 2.45) is 0 Å². The van der Waals surface area contributed by atoms with Gasteiger partial charge in [-0.1, -0.05) is 35.3 Å². The summed E-state index contributed by atoms with van der Waals surface area (Å²) in [4.78, 5) is 0. The summed E-state index contributed by atoms with van der Waals surface area (Å²) in [6.07, 6.45) is 0. The second kappa shape index (κ2) is 5.29. The topological polar surface area (TPSA) is 66.2 Å². The van der Waals surface area contributed by atoms with Crippen molar-refractivity contribution in [2.45, 2.75) is 5.75 Å². The zero-order chi connectivity index (χ0) is 13.1. The lowest BCUT2D eigenvalue weighted by Gasteiger charge is -2.10. The van der Waals surface area contributed by atoms with Crippen LogP contribution < -0.4 is 5.73 Å². The summed E-state index contributed by atoms with van der Waals surface area (Å²) < 4.78 is 34.0. The minimum atomic E-state index is -2.13. The average molecular weight is 264 g/mol. The van der Waals surface area contributed by atoms with Gasteiger partial charge in [0.2, 0.25) is 0 Å². The molecule has 0 heterocycles. The van der Waals surface area contributed by atoms with Gasteiger partial charge >= 0.3 is 0 Å². The van der Waals surface area contributed by atoms with Gasteiger partial charge in [-0.25, -0.2) is 4.39 Å². The van der Waals surface area contributed by atoms with Crippen molar-refractivity contribution >= 4 is 16.8 Å². The molecule has 2 rings (SSSR count). The third-order valence-corrected chi connectivity index (χ3v) is 3.12. The summed E-state index contributed by atoms with van der Waals surface area (Å²) in [6.45, 7) is 0. The Labute approximate surface area is 107 Å². The third kappa shape index (κ3) is 2.94. The molecule has 0 aromatic heterocycles. The molecule has 0 aliphatic carbocycles. The Morgan fingerprint density at radius 2 is 1.83 bits per heavy atom. The molecule has 0 spiro atoms. The van der Waals surface area contributed by atoms with Gasteiger partial charge in [-0.3, -0.25) is 4.21 Å². The molecule has 94 valence electrons. The molecule has 0 bridgehead atoms. The Hall–Kier alpha value is -1.72. The van der Waals surface area contributed by atoms with Crippen LogP contribution in [0.3, 0.4) is 0 Å². The third-order valence-electron chi connectivity index (χ3n) is 2.56. The minimum absolute atomic E-state index is 0.0616. The van der Waals surface area contributed by atoms with Gasteiger partial charge in [-0.05, 0) is 29.3 Å². The lowest BCUT2D eigenvalue weighted by atomic mass is 10.0. The van der Waals surface area contributed by atoms with Gasteiger partial charge < -0.3 is 10.3 Å². The fourth-order valence-electron chi connectivity index (χ4n) is 1.73. The number of nitrogen functional groups attached to an aromatic ring is 1. The maximum Gasteiger partial charge on any atom is 0.123 e. The maximum atomic E-state index is 12.8. The first-order chi connectivity index (χ1) is 8.56. The largest absolute Gasteiger partial charge is 0.772 e. The predicted octanol–water partition coefficient (Wildman–Crippen LogP) is 2.45. The molecule has 1 atom stereocenters. The van der Waals surface area contributed by atoms with Crippen LogP contribution in [0, 0.1) is 5.82 Å². The van der Waals surface area contributed by atoms with E-state index in [0.717, 1.165) is 11.1 Å². The second-order valence-corrected chi connectivity index (χ2v) is 4.77. The highest BCUT2D eigenvalue weighted by molar-refractivity contribution is 7.78. The first-order valence-corrected chi connectivity index (χ1v) is 6.51. The normalized spacial score (nSPS) is 12.3. The van der Waals surface area contributed by atoms with Crippen LogP contribution in [-0.2, 0) is 16.8 Å². The van der Waals surface area contributed by atoms with E-state index in [4.69, 9.17) is 5.73 Å². The molecule has 0 radical (unpaired) electrons. The molecular formula is C13H11FNO2S-. The van der Waals surface area contributed by atoms with E-state index >= 15 is 0 Å². The van der Waals surface area contributed by atoms with Crippen LogP contribution in [0.1, 0.15) is 5.56 Å². The molecular weight excluding hydrogens is 253 g/mol. The van der Waals surface area contributed by atoms with E-state index in [2.05, 4.69) is 0 Å². The highest BCUT2D eigenvalue weighted by Crippen LogP contribution is 2.27. The Morgan fingerprint density at radius 1 is 1.17 bits per heavy atom. The van der Waals surface area contributed by atoms with Gasteiger partial charge in [0.1, 0.15) is 5.82 Å². The number of anilines is 1. The Balaban J connectivity index is 2.35. The summed E-state index contributed by atoms with van der Waals surface area (Å²) in [5, 5.41) is 0. The number of halogens is 1. The first kappa shape index (κ1) is 12.7. The predicted molar refractivity (Wildman–Crippen MR) is 68.9 cm³/mol. The van der Waals surface area contributed by atoms with Gasteiger partial charge in [0.05, 0.1) is 0 Å². The van der Waals surface area contributed by atoms with Crippen molar-refractivity contribution < 1.29 is 13.2 Å². The molecule has 0 amide bonds. The molecule has 3 nitrogen and oxygen atoms in total. The average Bonchev–Trinajstić information content (AvgIpc) is 2.30. The van der Waals surface area contributed by atoms with Crippen molar-refractivity contribution in [1.29, 1.82) is 0 Å². The summed E-state index contributed by atoms with van der Waals surface area (Å²) >= 11 is -2.13. The molecule has 2 aromatic carbocycles. The van der Waals surface area contributed by atoms with E-state index in [9.17, 15) is 13.2 Å². The Kier molecular flexibility index (Phi) is 3.74. The van der Waals surface area contributed by atoms with Crippen molar-refractivity contribution in [2.75, 3.05) is 5.73 Å². The monoisotopic (exact) mass is 264 g/mol. The highest BCUT2D eigenvalue weighted by atomic mass is 32.2. The SMILES string of the molecule is Nc1cc(CS(=O)[O-])ccc1-c1ccc(F)cc1. The van der Waals surface area contributed by atoms with Gasteiger partial charge in [0.25, 0.3) is 0 Å². The zero-order valence-electron chi connectivity index (χ0n) is 9.43. The molecule has 2 aromatic rings. The molecule has 0 saturated carbocycles. The van der Waals surface area contributed by atoms with Crippen LogP contribution in [-0.4, -0.2) is 8.76 Å². The second-order valence-electron chi connectivity index (χ2n) is 3.88. The van der Waals surface area contributed by atoms with Crippen LogP contribution in [0.2, 0.25) is 0 Å². The number of benzene rings is 2. The van der Waals surface area contributed by atoms with Gasteiger partial charge in [-0.15, -0.1) is 0 Å². The lowest BCUT2D eigenvalue weighted by molar-refractivity contribution is 0.536. The van der Waals surface area contributed by atoms with Crippen molar-refractivity contribution in [3.8, 4) is 11.1 Å². The van der Waals surface area contributed by atoms with E-state index < -0.39 is 11.1 Å². The molecule has 0 aliphatic heterocycles. The van der Waals surface area contributed by atoms with E-state index in [1.807, 2.05) is 0 Å². The van der Waals surface area contributed by atoms with E-state index in [1.165, 1.54) is 12.1 Å². The smallest absolute Gasteiger partial charge is 0.123 e. The van der Waals surface area contributed by atoms with Crippen molar-refractivity contribution in [3.05, 3.63) is 53.8 Å². The van der Waals surface area contributed by atoms with Crippen molar-refractivity contribution in [3.63, 3.8) is 0 Å². The van der Waals surface area contributed by atoms with Crippen LogP contribution in [0.4, 0.5) is 10.1 Å². The zero-order valence-corrected chi connectivity index (χ0v) is 10.2. The number of hydrogen-bond donors (Lipinski definition) is 1. The molecule has 0 fully saturated rings. The highest BCUT2D eigenvalue weighted by Gasteiger charge is 2.04. The summed E-state index contributed by atoms with van der Waals surface area (Å²) in [5.41, 5.74) is 8.53. The standard InChI is InChI=1S/C13H12FNO2S/c14-11-4-2-10(3-5-11)12-6-1-9(7-13(12)15)8-18(16)17/h1-7H,8,15H2,(H,16,17)/p-1. The lowest BCUT2D eigenvalue weighted by Crippen LogP contribution is -1.97. The van der Waals surface area contributed by atoms with Crippen LogP contribution in [0.25, 0.3) is 11.1 Å². The van der Waals surface area contributed by atoms with Crippen molar-refractivity contribution in [1.82, 2.24) is 0 Å². The van der Waals surface area contributed by atoms with Crippen LogP contribution >= 0.6 is 0 Å². The first-order valence-electron chi connectivity index (χ1n) is 5.26. The summed E-state index contributed by atoms with van der Waals surface area (Å²) in [5.74, 6) is -0.371. The molecule has 0 aliphatic rings. The molecule has 0 saturated heterocycles. The van der Waals surface area contributed by atoms with E-state index in [-0.39, 0.29) is 11.6 Å². The Morgan fingerprint density at radius 3 is 2.39 bits per heavy atom. The van der Waals surface area contributed by atoms with Crippen LogP contribution in [0.15, 0.2) is 42.5 Å². The summed E-state index contributed by atoms with van der Waals surface area (Å²) in [6, 6.07) is 11.0. The minimum Gasteiger partial charge on any atom is -0.772 e. The van der Waals surface area contributed by atoms with Gasteiger partial charge in [0, 0.05) is 17.0 Å². The number of nitrogens with two attached hydrogens (primary N) is 1. The Bertz CT molecular complexity index is 584. The van der Waals surface area contributed by atoms with E-state index in [1.54, 1.807) is 30.3 Å². The van der Waals surface area contributed by atoms with E-state index in [0.29, 0.717) is 11.3 Å². The molecule has 18 heavy (non-hydrogen) atoms. The fourth-order valence-corrected chi connectivity index (χ4v) is 2.18. The molecule has 5 heteroatoms. The summed E-state index contributed by atoms with van der Waals surface area (Å²) in [7, 11) is 0. The van der Waals surface area contributed by atoms with Gasteiger partial charge in [0.15, 0.2) is 0 Å². The molecule has 1 unspecified atom stereocenters.